The summed E-state index contributed by atoms with van der Waals surface area (Å²) in [5.41, 5.74) is 6.09. The first-order valence-corrected chi connectivity index (χ1v) is 5.19. The van der Waals surface area contributed by atoms with Crippen molar-refractivity contribution in [2.24, 2.45) is 5.73 Å². The Bertz CT molecular complexity index is 317. The number of aromatic hydroxyl groups is 1. The summed E-state index contributed by atoms with van der Waals surface area (Å²) in [6, 6.07) is 2.67. The van der Waals surface area contributed by atoms with Crippen molar-refractivity contribution in [2.45, 2.75) is 6.04 Å². The van der Waals surface area contributed by atoms with Crippen LogP contribution in [0.15, 0.2) is 21.1 Å². The summed E-state index contributed by atoms with van der Waals surface area (Å²) >= 11 is 6.52. The first-order chi connectivity index (χ1) is 6.06. The second-order valence-electron chi connectivity index (χ2n) is 2.61. The minimum atomic E-state index is -0.551. The van der Waals surface area contributed by atoms with Gasteiger partial charge in [0.15, 0.2) is 0 Å². The highest BCUT2D eigenvalue weighted by Gasteiger charge is 2.12. The molecule has 0 fully saturated rings. The molecule has 1 aromatic carbocycles. The first-order valence-electron chi connectivity index (χ1n) is 3.60. The highest BCUT2D eigenvalue weighted by atomic mass is 79.9. The van der Waals surface area contributed by atoms with Crippen LogP contribution in [-0.4, -0.2) is 16.8 Å². The standard InChI is InChI=1S/C8H9Br2NO2/c9-5-1-4(7(11)3-12)8(13)2-6(5)10/h1-2,7,12-13H,3,11H2. The Balaban J connectivity index is 3.15. The van der Waals surface area contributed by atoms with Gasteiger partial charge in [0.1, 0.15) is 5.75 Å². The van der Waals surface area contributed by atoms with E-state index in [1.165, 1.54) is 6.07 Å². The van der Waals surface area contributed by atoms with E-state index in [2.05, 4.69) is 31.9 Å². The van der Waals surface area contributed by atoms with Gasteiger partial charge < -0.3 is 15.9 Å². The third kappa shape index (κ3) is 2.43. The van der Waals surface area contributed by atoms with Crippen molar-refractivity contribution in [1.29, 1.82) is 0 Å². The number of benzene rings is 1. The van der Waals surface area contributed by atoms with Crippen molar-refractivity contribution >= 4 is 31.9 Å². The smallest absolute Gasteiger partial charge is 0.121 e. The van der Waals surface area contributed by atoms with Crippen molar-refractivity contribution in [3.05, 3.63) is 26.6 Å². The van der Waals surface area contributed by atoms with Crippen LogP contribution in [0.3, 0.4) is 0 Å². The van der Waals surface area contributed by atoms with Crippen molar-refractivity contribution in [3.8, 4) is 5.75 Å². The van der Waals surface area contributed by atoms with Gasteiger partial charge in [-0.3, -0.25) is 0 Å². The maximum absolute atomic E-state index is 9.48. The number of rotatable bonds is 2. The zero-order chi connectivity index (χ0) is 10.0. The van der Waals surface area contributed by atoms with E-state index < -0.39 is 6.04 Å². The van der Waals surface area contributed by atoms with Crippen LogP contribution in [-0.2, 0) is 0 Å². The Labute approximate surface area is 92.8 Å². The van der Waals surface area contributed by atoms with Crippen LogP contribution in [0.25, 0.3) is 0 Å². The van der Waals surface area contributed by atoms with Crippen LogP contribution in [0.5, 0.6) is 5.75 Å². The number of hydrogen-bond acceptors (Lipinski definition) is 3. The number of halogens is 2. The molecule has 72 valence electrons. The van der Waals surface area contributed by atoms with Crippen LogP contribution >= 0.6 is 31.9 Å². The van der Waals surface area contributed by atoms with Gasteiger partial charge in [-0.1, -0.05) is 0 Å². The fourth-order valence-electron chi connectivity index (χ4n) is 0.947. The number of aliphatic hydroxyl groups is 1. The van der Waals surface area contributed by atoms with Crippen molar-refractivity contribution in [3.63, 3.8) is 0 Å². The van der Waals surface area contributed by atoms with Crippen molar-refractivity contribution in [2.75, 3.05) is 6.61 Å². The molecule has 1 rings (SSSR count). The molecule has 0 aliphatic rings. The van der Waals surface area contributed by atoms with Gasteiger partial charge in [-0.05, 0) is 44.0 Å². The number of hydrogen-bond donors (Lipinski definition) is 3. The predicted molar refractivity (Wildman–Crippen MR) is 57.5 cm³/mol. The Kier molecular flexibility index (Phi) is 3.73. The zero-order valence-corrected chi connectivity index (χ0v) is 9.84. The van der Waals surface area contributed by atoms with E-state index in [1.807, 2.05) is 0 Å². The molecule has 0 amide bonds. The molecule has 1 unspecified atom stereocenters. The van der Waals surface area contributed by atoms with Gasteiger partial charge in [0.25, 0.3) is 0 Å². The maximum Gasteiger partial charge on any atom is 0.121 e. The van der Waals surface area contributed by atoms with Gasteiger partial charge >= 0.3 is 0 Å². The molecule has 0 aliphatic carbocycles. The van der Waals surface area contributed by atoms with E-state index in [0.717, 1.165) is 8.95 Å². The molecular formula is C8H9Br2NO2. The zero-order valence-electron chi connectivity index (χ0n) is 6.67. The molecule has 0 saturated carbocycles. The fourth-order valence-corrected chi connectivity index (χ4v) is 1.64. The van der Waals surface area contributed by atoms with E-state index in [1.54, 1.807) is 6.07 Å². The SMILES string of the molecule is NC(CO)c1cc(Br)c(Br)cc1O. The molecule has 0 aromatic heterocycles. The Morgan fingerprint density at radius 1 is 1.31 bits per heavy atom. The molecule has 0 spiro atoms. The van der Waals surface area contributed by atoms with Crippen LogP contribution in [0.1, 0.15) is 11.6 Å². The molecule has 0 radical (unpaired) electrons. The molecule has 0 heterocycles. The summed E-state index contributed by atoms with van der Waals surface area (Å²) in [7, 11) is 0. The quantitative estimate of drug-likeness (QED) is 0.782. The largest absolute Gasteiger partial charge is 0.508 e. The highest BCUT2D eigenvalue weighted by molar-refractivity contribution is 9.13. The maximum atomic E-state index is 9.48. The topological polar surface area (TPSA) is 66.5 Å². The number of phenols is 1. The van der Waals surface area contributed by atoms with Gasteiger partial charge in [-0.25, -0.2) is 0 Å². The highest BCUT2D eigenvalue weighted by Crippen LogP contribution is 2.32. The fraction of sp³-hybridized carbons (Fsp3) is 0.250. The van der Waals surface area contributed by atoms with Crippen LogP contribution in [0.4, 0.5) is 0 Å². The minimum absolute atomic E-state index is 0.0802. The molecule has 3 nitrogen and oxygen atoms in total. The third-order valence-electron chi connectivity index (χ3n) is 1.67. The predicted octanol–water partition coefficient (Wildman–Crippen LogP) is 1.91. The first kappa shape index (κ1) is 11.0. The van der Waals surface area contributed by atoms with E-state index in [9.17, 15) is 5.11 Å². The summed E-state index contributed by atoms with van der Waals surface area (Å²) in [5, 5.41) is 18.3. The lowest BCUT2D eigenvalue weighted by molar-refractivity contribution is 0.265. The number of aliphatic hydroxyl groups excluding tert-OH is 1. The van der Waals surface area contributed by atoms with E-state index in [4.69, 9.17) is 10.8 Å². The molecule has 4 N–H and O–H groups in total. The number of phenolic OH excluding ortho intramolecular Hbond substituents is 1. The summed E-state index contributed by atoms with van der Waals surface area (Å²) in [6.07, 6.45) is 0. The molecule has 1 atom stereocenters. The Hall–Kier alpha value is -0.100. The van der Waals surface area contributed by atoms with Crippen LogP contribution in [0, 0.1) is 0 Å². The normalized spacial score (nSPS) is 12.9. The average Bonchev–Trinajstić information content (AvgIpc) is 2.10. The summed E-state index contributed by atoms with van der Waals surface area (Å²) in [6.45, 7) is -0.193. The molecular weight excluding hydrogens is 302 g/mol. The van der Waals surface area contributed by atoms with Gasteiger partial charge in [0.2, 0.25) is 0 Å². The summed E-state index contributed by atoms with van der Waals surface area (Å²) < 4.78 is 1.54. The van der Waals surface area contributed by atoms with Gasteiger partial charge in [-0.15, -0.1) is 0 Å². The molecule has 5 heteroatoms. The Morgan fingerprint density at radius 2 is 1.85 bits per heavy atom. The monoisotopic (exact) mass is 309 g/mol. The van der Waals surface area contributed by atoms with E-state index in [-0.39, 0.29) is 12.4 Å². The number of nitrogens with two attached hydrogens (primary N) is 1. The second kappa shape index (κ2) is 4.41. The van der Waals surface area contributed by atoms with Gasteiger partial charge in [0.05, 0.1) is 12.6 Å². The minimum Gasteiger partial charge on any atom is -0.508 e. The molecule has 0 saturated heterocycles. The van der Waals surface area contributed by atoms with Crippen molar-refractivity contribution in [1.82, 2.24) is 0 Å². The third-order valence-corrected chi connectivity index (χ3v) is 3.51. The van der Waals surface area contributed by atoms with Crippen LogP contribution < -0.4 is 5.73 Å². The molecule has 13 heavy (non-hydrogen) atoms. The van der Waals surface area contributed by atoms with Crippen molar-refractivity contribution < 1.29 is 10.2 Å². The lowest BCUT2D eigenvalue weighted by Gasteiger charge is -2.11. The van der Waals surface area contributed by atoms with E-state index >= 15 is 0 Å². The lowest BCUT2D eigenvalue weighted by atomic mass is 10.1. The average molecular weight is 311 g/mol. The second-order valence-corrected chi connectivity index (χ2v) is 4.32. The van der Waals surface area contributed by atoms with Gasteiger partial charge in [0, 0.05) is 14.5 Å². The van der Waals surface area contributed by atoms with Gasteiger partial charge in [-0.2, -0.15) is 0 Å². The van der Waals surface area contributed by atoms with E-state index in [0.29, 0.717) is 5.56 Å². The summed E-state index contributed by atoms with van der Waals surface area (Å²) in [5.74, 6) is 0.0802. The molecule has 1 aromatic rings. The Morgan fingerprint density at radius 3 is 2.38 bits per heavy atom. The molecule has 0 aliphatic heterocycles. The summed E-state index contributed by atoms with van der Waals surface area (Å²) in [4.78, 5) is 0. The lowest BCUT2D eigenvalue weighted by Crippen LogP contribution is -2.14. The molecule has 0 bridgehead atoms. The van der Waals surface area contributed by atoms with Crippen LogP contribution in [0.2, 0.25) is 0 Å².